The van der Waals surface area contributed by atoms with Gasteiger partial charge in [-0.2, -0.15) is 0 Å². The van der Waals surface area contributed by atoms with Crippen molar-refractivity contribution in [3.63, 3.8) is 0 Å². The fraction of sp³-hybridized carbons (Fsp3) is 0.353. The van der Waals surface area contributed by atoms with Crippen LogP contribution in [-0.4, -0.2) is 39.6 Å². The predicted octanol–water partition coefficient (Wildman–Crippen LogP) is 2.70. The van der Waals surface area contributed by atoms with Gasteiger partial charge in [0.05, 0.1) is 11.9 Å². The van der Waals surface area contributed by atoms with Gasteiger partial charge in [-0.3, -0.25) is 4.79 Å². The first-order valence-corrected chi connectivity index (χ1v) is 9.04. The van der Waals surface area contributed by atoms with E-state index in [0.717, 1.165) is 47.3 Å². The molecule has 1 aliphatic heterocycles. The lowest BCUT2D eigenvalue weighted by molar-refractivity contribution is -0.119. The summed E-state index contributed by atoms with van der Waals surface area (Å²) >= 11 is 1.54. The van der Waals surface area contributed by atoms with Crippen molar-refractivity contribution in [3.05, 3.63) is 36.3 Å². The topological polar surface area (TPSA) is 62.5 Å². The number of carbonyl (C=O) groups is 1. The van der Waals surface area contributed by atoms with Crippen molar-refractivity contribution in [1.82, 2.24) is 19.9 Å². The highest BCUT2D eigenvalue weighted by atomic mass is 32.1. The van der Waals surface area contributed by atoms with Gasteiger partial charge in [0.25, 0.3) is 0 Å². The van der Waals surface area contributed by atoms with E-state index in [0.29, 0.717) is 0 Å². The average Bonchev–Trinajstić information content (AvgIpc) is 3.14. The first-order chi connectivity index (χ1) is 12.1. The number of benzene rings is 1. The summed E-state index contributed by atoms with van der Waals surface area (Å²) in [6, 6.07) is 6.55. The molecule has 1 amide bonds. The molecule has 4 rings (SSSR count). The smallest absolute Gasteiger partial charge is 0.217 e. The van der Waals surface area contributed by atoms with Crippen LogP contribution < -0.4 is 10.2 Å². The van der Waals surface area contributed by atoms with E-state index in [1.807, 2.05) is 6.20 Å². The van der Waals surface area contributed by atoms with E-state index in [1.165, 1.54) is 12.1 Å². The molecule has 0 spiro atoms. The van der Waals surface area contributed by atoms with Gasteiger partial charge in [0.15, 0.2) is 0 Å². The van der Waals surface area contributed by atoms with Gasteiger partial charge >= 0.3 is 0 Å². The highest BCUT2D eigenvalue weighted by Gasteiger charge is 2.22. The largest absolute Gasteiger partial charge is 0.353 e. The number of imidazole rings is 1. The lowest BCUT2D eigenvalue weighted by Crippen LogP contribution is -2.44. The Labute approximate surface area is 148 Å². The monoisotopic (exact) mass is 359 g/mol. The molecule has 0 saturated carbocycles. The van der Waals surface area contributed by atoms with Crippen LogP contribution >= 0.6 is 11.3 Å². The molecule has 8 heteroatoms. The molecule has 2 aromatic heterocycles. The van der Waals surface area contributed by atoms with Gasteiger partial charge in [0.1, 0.15) is 5.82 Å². The van der Waals surface area contributed by atoms with E-state index >= 15 is 0 Å². The normalized spacial score (nSPS) is 15.7. The third-order valence-corrected chi connectivity index (χ3v) is 5.33. The number of rotatable bonds is 3. The van der Waals surface area contributed by atoms with E-state index < -0.39 is 0 Å². The average molecular weight is 359 g/mol. The number of hydrogen-bond acceptors (Lipinski definition) is 5. The molecule has 1 aromatic carbocycles. The Balaban J connectivity index is 1.48. The highest BCUT2D eigenvalue weighted by Crippen LogP contribution is 2.28. The minimum atomic E-state index is -0.257. The standard InChI is InChI=1S/C17H18FN5OS/c1-11(24)19-14-6-8-22(9-7-14)17-21-23-10-15(20-16(23)25-17)12-2-4-13(18)5-3-12/h2-5,10,14H,6-9H2,1H3,(H,19,24). The molecule has 0 atom stereocenters. The number of fused-ring (bicyclic) bond motifs is 1. The minimum Gasteiger partial charge on any atom is -0.353 e. The molecule has 1 N–H and O–H groups in total. The van der Waals surface area contributed by atoms with Gasteiger partial charge in [-0.15, -0.1) is 5.10 Å². The number of halogens is 1. The van der Waals surface area contributed by atoms with Gasteiger partial charge in [0, 0.05) is 31.6 Å². The zero-order chi connectivity index (χ0) is 17.4. The lowest BCUT2D eigenvalue weighted by Gasteiger charge is -2.31. The Morgan fingerprint density at radius 2 is 2.00 bits per heavy atom. The van der Waals surface area contributed by atoms with Gasteiger partial charge in [-0.25, -0.2) is 13.9 Å². The van der Waals surface area contributed by atoms with Crippen molar-refractivity contribution in [2.24, 2.45) is 0 Å². The van der Waals surface area contributed by atoms with E-state index in [1.54, 1.807) is 34.9 Å². The number of aromatic nitrogens is 3. The Hall–Kier alpha value is -2.48. The predicted molar refractivity (Wildman–Crippen MR) is 95.3 cm³/mol. The van der Waals surface area contributed by atoms with Crippen LogP contribution in [0, 0.1) is 5.82 Å². The number of anilines is 1. The van der Waals surface area contributed by atoms with Gasteiger partial charge in [0.2, 0.25) is 16.0 Å². The van der Waals surface area contributed by atoms with E-state index in [4.69, 9.17) is 0 Å². The summed E-state index contributed by atoms with van der Waals surface area (Å²) in [5, 5.41) is 8.54. The molecule has 1 fully saturated rings. The summed E-state index contributed by atoms with van der Waals surface area (Å²) in [5.41, 5.74) is 1.66. The van der Waals surface area contributed by atoms with Crippen LogP contribution in [0.4, 0.5) is 9.52 Å². The number of amides is 1. The van der Waals surface area contributed by atoms with Crippen LogP contribution in [0.25, 0.3) is 16.2 Å². The van der Waals surface area contributed by atoms with Crippen molar-refractivity contribution < 1.29 is 9.18 Å². The summed E-state index contributed by atoms with van der Waals surface area (Å²) in [5.74, 6) is -0.229. The van der Waals surface area contributed by atoms with Crippen LogP contribution in [0.2, 0.25) is 0 Å². The van der Waals surface area contributed by atoms with Crippen molar-refractivity contribution in [2.75, 3.05) is 18.0 Å². The van der Waals surface area contributed by atoms with Crippen LogP contribution in [0.1, 0.15) is 19.8 Å². The number of piperidine rings is 1. The molecule has 0 bridgehead atoms. The first-order valence-electron chi connectivity index (χ1n) is 8.23. The summed E-state index contributed by atoms with van der Waals surface area (Å²) in [6.07, 6.45) is 3.71. The Kier molecular flexibility index (Phi) is 4.12. The summed E-state index contributed by atoms with van der Waals surface area (Å²) in [4.78, 5) is 18.8. The molecule has 25 heavy (non-hydrogen) atoms. The van der Waals surface area contributed by atoms with Crippen LogP contribution in [0.3, 0.4) is 0 Å². The Morgan fingerprint density at radius 3 is 2.64 bits per heavy atom. The van der Waals surface area contributed by atoms with Gasteiger partial charge < -0.3 is 10.2 Å². The molecule has 3 aromatic rings. The Morgan fingerprint density at radius 1 is 1.28 bits per heavy atom. The molecule has 3 heterocycles. The van der Waals surface area contributed by atoms with E-state index in [-0.39, 0.29) is 17.8 Å². The number of nitrogens with zero attached hydrogens (tertiary/aromatic N) is 4. The zero-order valence-electron chi connectivity index (χ0n) is 13.8. The van der Waals surface area contributed by atoms with E-state index in [2.05, 4.69) is 20.3 Å². The quantitative estimate of drug-likeness (QED) is 0.781. The second kappa shape index (κ2) is 6.44. The SMILES string of the molecule is CC(=O)NC1CCN(c2nn3cc(-c4ccc(F)cc4)nc3s2)CC1. The second-order valence-electron chi connectivity index (χ2n) is 6.21. The molecule has 1 saturated heterocycles. The van der Waals surface area contributed by atoms with Crippen molar-refractivity contribution >= 4 is 27.3 Å². The molecular weight excluding hydrogens is 341 g/mol. The zero-order valence-corrected chi connectivity index (χ0v) is 14.6. The maximum Gasteiger partial charge on any atom is 0.217 e. The summed E-state index contributed by atoms with van der Waals surface area (Å²) in [7, 11) is 0. The van der Waals surface area contributed by atoms with Crippen molar-refractivity contribution in [3.8, 4) is 11.3 Å². The molecule has 130 valence electrons. The fourth-order valence-corrected chi connectivity index (χ4v) is 4.01. The lowest BCUT2D eigenvalue weighted by atomic mass is 10.1. The number of nitrogens with one attached hydrogen (secondary N) is 1. The number of carbonyl (C=O) groups excluding carboxylic acids is 1. The van der Waals surface area contributed by atoms with Crippen molar-refractivity contribution in [2.45, 2.75) is 25.8 Å². The fourth-order valence-electron chi connectivity index (χ4n) is 3.08. The third-order valence-electron chi connectivity index (χ3n) is 4.35. The van der Waals surface area contributed by atoms with Crippen LogP contribution in [0.15, 0.2) is 30.5 Å². The van der Waals surface area contributed by atoms with Crippen LogP contribution in [0.5, 0.6) is 0 Å². The summed E-state index contributed by atoms with van der Waals surface area (Å²) in [6.45, 7) is 3.29. The molecule has 1 aliphatic rings. The maximum absolute atomic E-state index is 13.0. The minimum absolute atomic E-state index is 0.0273. The summed E-state index contributed by atoms with van der Waals surface area (Å²) < 4.78 is 14.8. The highest BCUT2D eigenvalue weighted by molar-refractivity contribution is 7.20. The molecule has 0 unspecified atom stereocenters. The molecule has 0 aliphatic carbocycles. The first kappa shape index (κ1) is 16.0. The van der Waals surface area contributed by atoms with Gasteiger partial charge in [-0.05, 0) is 37.1 Å². The van der Waals surface area contributed by atoms with Crippen molar-refractivity contribution in [1.29, 1.82) is 0 Å². The third kappa shape index (κ3) is 3.34. The van der Waals surface area contributed by atoms with Gasteiger partial charge in [-0.1, -0.05) is 11.3 Å². The molecular formula is C17H18FN5OS. The van der Waals surface area contributed by atoms with Crippen LogP contribution in [-0.2, 0) is 4.79 Å². The molecule has 6 nitrogen and oxygen atoms in total. The maximum atomic E-state index is 13.0. The second-order valence-corrected chi connectivity index (χ2v) is 7.14. The molecule has 0 radical (unpaired) electrons. The Bertz CT molecular complexity index is 864. The number of hydrogen-bond donors (Lipinski definition) is 1. The van der Waals surface area contributed by atoms with E-state index in [9.17, 15) is 9.18 Å².